The van der Waals surface area contributed by atoms with Gasteiger partial charge in [0.05, 0.1) is 26.2 Å². The third kappa shape index (κ3) is 16.0. The Morgan fingerprint density at radius 1 is 0.571 bits per heavy atom. The van der Waals surface area contributed by atoms with Crippen molar-refractivity contribution >= 4 is 0 Å². The molecule has 0 aromatic rings. The van der Waals surface area contributed by atoms with Crippen LogP contribution in [0.5, 0.6) is 0 Å². The Hall–Kier alpha value is -0.250. The fourth-order valence-electron chi connectivity index (χ4n) is 2.64. The molecule has 0 unspecified atom stereocenters. The van der Waals surface area contributed by atoms with Crippen molar-refractivity contribution in [3.8, 4) is 0 Å². The van der Waals surface area contributed by atoms with Crippen LogP contribution in [0.15, 0.2) is 0 Å². The number of hydrogen-bond donors (Lipinski definition) is 0. The lowest BCUT2D eigenvalue weighted by Crippen LogP contribution is -2.50. The molecule has 0 fully saturated rings. The molecule has 0 atom stereocenters. The molecule has 0 aliphatic rings. The highest BCUT2D eigenvalue weighted by Crippen LogP contribution is 2.16. The highest BCUT2D eigenvalue weighted by atomic mass is 19.4. The summed E-state index contributed by atoms with van der Waals surface area (Å²) >= 11 is 0. The Kier molecular flexibility index (Phi) is 17.7. The SMILES string of the molecule is CCCC[N+](CCCC)(CCCC)CCCC.FC(F)F. The Labute approximate surface area is 130 Å². The van der Waals surface area contributed by atoms with Crippen molar-refractivity contribution in [1.29, 1.82) is 0 Å². The average molecular weight is 312 g/mol. The second-order valence-electron chi connectivity index (χ2n) is 5.90. The monoisotopic (exact) mass is 312 g/mol. The lowest BCUT2D eigenvalue weighted by Gasteiger charge is -2.39. The molecule has 0 bridgehead atoms. The minimum atomic E-state index is -3.67. The van der Waals surface area contributed by atoms with Crippen LogP contribution in [0, 0.1) is 0 Å². The van der Waals surface area contributed by atoms with Crippen LogP contribution in [0.4, 0.5) is 13.2 Å². The van der Waals surface area contributed by atoms with Gasteiger partial charge in [0.15, 0.2) is 0 Å². The topological polar surface area (TPSA) is 0 Å². The van der Waals surface area contributed by atoms with E-state index in [-0.39, 0.29) is 0 Å². The molecule has 4 heteroatoms. The zero-order valence-electron chi connectivity index (χ0n) is 14.6. The molecule has 0 spiro atoms. The molecular weight excluding hydrogens is 275 g/mol. The smallest absolute Gasteiger partial charge is 0.324 e. The Morgan fingerprint density at radius 3 is 0.905 bits per heavy atom. The van der Waals surface area contributed by atoms with Gasteiger partial charge >= 0.3 is 6.68 Å². The van der Waals surface area contributed by atoms with Crippen molar-refractivity contribution in [1.82, 2.24) is 0 Å². The van der Waals surface area contributed by atoms with Gasteiger partial charge in [0.1, 0.15) is 0 Å². The van der Waals surface area contributed by atoms with Crippen LogP contribution < -0.4 is 0 Å². The fourth-order valence-corrected chi connectivity index (χ4v) is 2.64. The van der Waals surface area contributed by atoms with Crippen LogP contribution in [-0.4, -0.2) is 37.3 Å². The Balaban J connectivity index is 0. The normalized spacial score (nSPS) is 11.4. The van der Waals surface area contributed by atoms with E-state index in [1.54, 1.807) is 0 Å². The Morgan fingerprint density at radius 2 is 0.762 bits per heavy atom. The lowest BCUT2D eigenvalue weighted by molar-refractivity contribution is -0.929. The molecule has 130 valence electrons. The van der Waals surface area contributed by atoms with E-state index in [2.05, 4.69) is 27.7 Å². The molecule has 0 N–H and O–H groups in total. The summed E-state index contributed by atoms with van der Waals surface area (Å²) in [5, 5.41) is 0. The minimum absolute atomic E-state index is 1.35. The van der Waals surface area contributed by atoms with Gasteiger partial charge < -0.3 is 4.48 Å². The van der Waals surface area contributed by atoms with Gasteiger partial charge in [-0.15, -0.1) is 0 Å². The molecule has 0 aliphatic carbocycles. The summed E-state index contributed by atoms with van der Waals surface area (Å²) in [5.74, 6) is 0. The van der Waals surface area contributed by atoms with E-state index in [1.165, 1.54) is 82.0 Å². The van der Waals surface area contributed by atoms with Crippen molar-refractivity contribution in [2.24, 2.45) is 0 Å². The Bertz CT molecular complexity index is 158. The number of quaternary nitrogens is 1. The number of nitrogens with zero attached hydrogens (tertiary/aromatic N) is 1. The van der Waals surface area contributed by atoms with Gasteiger partial charge in [-0.05, 0) is 25.7 Å². The molecule has 0 heterocycles. The van der Waals surface area contributed by atoms with Crippen molar-refractivity contribution in [3.63, 3.8) is 0 Å². The predicted molar refractivity (Wildman–Crippen MR) is 86.5 cm³/mol. The lowest BCUT2D eigenvalue weighted by atomic mass is 10.1. The number of halogens is 3. The predicted octanol–water partition coefficient (Wildman–Crippen LogP) is 6.18. The first-order valence-corrected chi connectivity index (χ1v) is 8.75. The van der Waals surface area contributed by atoms with Crippen molar-refractivity contribution in [3.05, 3.63) is 0 Å². The molecule has 1 nitrogen and oxygen atoms in total. The van der Waals surface area contributed by atoms with Crippen molar-refractivity contribution < 1.29 is 17.7 Å². The minimum Gasteiger partial charge on any atom is -0.324 e. The molecule has 21 heavy (non-hydrogen) atoms. The van der Waals surface area contributed by atoms with Gasteiger partial charge in [-0.25, -0.2) is 0 Å². The molecule has 0 aromatic heterocycles. The van der Waals surface area contributed by atoms with Crippen molar-refractivity contribution in [2.75, 3.05) is 26.2 Å². The summed E-state index contributed by atoms with van der Waals surface area (Å²) in [4.78, 5) is 0. The van der Waals surface area contributed by atoms with E-state index in [9.17, 15) is 13.2 Å². The van der Waals surface area contributed by atoms with Gasteiger partial charge in [0.25, 0.3) is 0 Å². The van der Waals surface area contributed by atoms with Gasteiger partial charge in [0, 0.05) is 0 Å². The molecule has 0 aromatic carbocycles. The zero-order chi connectivity index (χ0) is 16.6. The molecule has 0 aliphatic heterocycles. The molecular formula is C17H37F3N+. The summed E-state index contributed by atoms with van der Waals surface area (Å²) in [5.41, 5.74) is 0. The average Bonchev–Trinajstić information content (AvgIpc) is 2.45. The van der Waals surface area contributed by atoms with Crippen LogP contribution in [0.25, 0.3) is 0 Å². The summed E-state index contributed by atoms with van der Waals surface area (Å²) in [6.07, 6.45) is 11.1. The molecule has 0 amide bonds. The van der Waals surface area contributed by atoms with E-state index in [0.29, 0.717) is 0 Å². The zero-order valence-corrected chi connectivity index (χ0v) is 14.6. The maximum Gasteiger partial charge on any atom is 0.379 e. The van der Waals surface area contributed by atoms with E-state index in [4.69, 9.17) is 0 Å². The van der Waals surface area contributed by atoms with Crippen LogP contribution in [0.2, 0.25) is 0 Å². The van der Waals surface area contributed by atoms with E-state index >= 15 is 0 Å². The quantitative estimate of drug-likeness (QED) is 0.377. The second-order valence-corrected chi connectivity index (χ2v) is 5.90. The van der Waals surface area contributed by atoms with E-state index in [1.807, 2.05) is 0 Å². The van der Waals surface area contributed by atoms with Crippen molar-refractivity contribution in [2.45, 2.75) is 85.7 Å². The number of rotatable bonds is 12. The second kappa shape index (κ2) is 16.1. The van der Waals surface area contributed by atoms with Gasteiger partial charge in [-0.2, -0.15) is 13.2 Å². The first kappa shape index (κ1) is 23.0. The molecule has 0 radical (unpaired) electrons. The van der Waals surface area contributed by atoms with Crippen LogP contribution in [-0.2, 0) is 0 Å². The first-order valence-electron chi connectivity index (χ1n) is 8.75. The number of alkyl halides is 3. The third-order valence-electron chi connectivity index (χ3n) is 3.94. The largest absolute Gasteiger partial charge is 0.379 e. The maximum atomic E-state index is 9.67. The van der Waals surface area contributed by atoms with Gasteiger partial charge in [-0.1, -0.05) is 53.4 Å². The summed E-state index contributed by atoms with van der Waals surface area (Å²) < 4.78 is 30.4. The molecule has 0 saturated heterocycles. The molecule has 0 rings (SSSR count). The summed E-state index contributed by atoms with van der Waals surface area (Å²) in [7, 11) is 0. The number of unbranched alkanes of at least 4 members (excludes halogenated alkanes) is 4. The van der Waals surface area contributed by atoms with Crippen LogP contribution >= 0.6 is 0 Å². The first-order chi connectivity index (χ1) is 9.97. The fraction of sp³-hybridized carbons (Fsp3) is 1.00. The maximum absolute atomic E-state index is 9.67. The van der Waals surface area contributed by atoms with E-state index in [0.717, 1.165) is 0 Å². The van der Waals surface area contributed by atoms with Crippen LogP contribution in [0.1, 0.15) is 79.1 Å². The van der Waals surface area contributed by atoms with E-state index < -0.39 is 6.68 Å². The third-order valence-corrected chi connectivity index (χ3v) is 3.94. The van der Waals surface area contributed by atoms with Crippen LogP contribution in [0.3, 0.4) is 0 Å². The highest BCUT2D eigenvalue weighted by Gasteiger charge is 2.24. The number of hydrogen-bond acceptors (Lipinski definition) is 0. The van der Waals surface area contributed by atoms with Gasteiger partial charge in [0.2, 0.25) is 0 Å². The van der Waals surface area contributed by atoms with Gasteiger partial charge in [-0.3, -0.25) is 0 Å². The summed E-state index contributed by atoms with van der Waals surface area (Å²) in [6, 6.07) is 0. The molecule has 0 saturated carbocycles. The summed E-state index contributed by atoms with van der Waals surface area (Å²) in [6.45, 7) is 11.4. The highest BCUT2D eigenvalue weighted by molar-refractivity contribution is 4.49. The standard InChI is InChI=1S/C16H36N.CHF3/c1-5-9-13-17(14-10-6-2,15-11-7-3)16-12-8-4;2-1(3)4/h5-16H2,1-4H3;1H/q+1;.